The largest absolute Gasteiger partial charge is 0.468 e. The van der Waals surface area contributed by atoms with Gasteiger partial charge in [-0.3, -0.25) is 9.59 Å². The van der Waals surface area contributed by atoms with Crippen molar-refractivity contribution in [3.8, 4) is 0 Å². The van der Waals surface area contributed by atoms with Gasteiger partial charge in [-0.25, -0.2) is 0 Å². The smallest absolute Gasteiger partial charge is 0.315 e. The van der Waals surface area contributed by atoms with Gasteiger partial charge >= 0.3 is 5.97 Å². The van der Waals surface area contributed by atoms with E-state index < -0.39 is 5.92 Å². The van der Waals surface area contributed by atoms with Crippen LogP contribution in [0.1, 0.15) is 41.3 Å². The molecule has 0 unspecified atom stereocenters. The zero-order valence-electron chi connectivity index (χ0n) is 14.8. The molecule has 0 aromatic heterocycles. The van der Waals surface area contributed by atoms with E-state index in [2.05, 4.69) is 0 Å². The lowest BCUT2D eigenvalue weighted by atomic mass is 9.78. The minimum absolute atomic E-state index is 0.0293. The molecule has 4 nitrogen and oxygen atoms in total. The van der Waals surface area contributed by atoms with Crippen molar-refractivity contribution in [3.05, 3.63) is 71.3 Å². The lowest BCUT2D eigenvalue weighted by molar-refractivity contribution is -0.144. The number of hydrogen-bond acceptors (Lipinski definition) is 3. The molecular weight excluding hydrogens is 314 g/mol. The Kier molecular flexibility index (Phi) is 4.88. The summed E-state index contributed by atoms with van der Waals surface area (Å²) in [4.78, 5) is 27.6. The predicted molar refractivity (Wildman–Crippen MR) is 96.1 cm³/mol. The quantitative estimate of drug-likeness (QED) is 0.801. The maximum atomic E-state index is 13.2. The fourth-order valence-electron chi connectivity index (χ4n) is 3.71. The highest BCUT2D eigenvalue weighted by Crippen LogP contribution is 2.38. The Balaban J connectivity index is 2.10. The van der Waals surface area contributed by atoms with Gasteiger partial charge in [0.05, 0.1) is 13.2 Å². The second kappa shape index (κ2) is 7.09. The molecule has 0 radical (unpaired) electrons. The average Bonchev–Trinajstić information content (AvgIpc) is 2.63. The molecule has 0 saturated carbocycles. The van der Waals surface area contributed by atoms with Crippen molar-refractivity contribution in [3.63, 3.8) is 0 Å². The minimum atomic E-state index is -0.470. The number of carbonyl (C=O) groups excluding carboxylic acids is 2. The van der Waals surface area contributed by atoms with Crippen molar-refractivity contribution in [1.29, 1.82) is 0 Å². The molecule has 1 aliphatic rings. The van der Waals surface area contributed by atoms with Gasteiger partial charge < -0.3 is 9.64 Å². The number of nitrogens with zero attached hydrogens (tertiary/aromatic N) is 1. The SMILES string of the molecule is COC(=O)[C@@H]1c2ccccc2C(=O)N(Cc2ccccc2)[C@H]1C(C)C. The van der Waals surface area contributed by atoms with Gasteiger partial charge in [-0.05, 0) is 23.1 Å². The van der Waals surface area contributed by atoms with Gasteiger partial charge in [0.25, 0.3) is 5.91 Å². The van der Waals surface area contributed by atoms with Gasteiger partial charge in [0.15, 0.2) is 0 Å². The van der Waals surface area contributed by atoms with Crippen molar-refractivity contribution in [2.45, 2.75) is 32.4 Å². The van der Waals surface area contributed by atoms with Crippen LogP contribution in [0, 0.1) is 5.92 Å². The van der Waals surface area contributed by atoms with Gasteiger partial charge in [0.1, 0.15) is 5.92 Å². The molecule has 0 N–H and O–H groups in total. The van der Waals surface area contributed by atoms with Crippen LogP contribution in [0.15, 0.2) is 54.6 Å². The van der Waals surface area contributed by atoms with E-state index >= 15 is 0 Å². The number of methoxy groups -OCH3 is 1. The second-order valence-electron chi connectivity index (χ2n) is 6.74. The summed E-state index contributed by atoms with van der Waals surface area (Å²) in [5.74, 6) is -0.678. The summed E-state index contributed by atoms with van der Waals surface area (Å²) in [7, 11) is 1.40. The molecule has 0 spiro atoms. The molecule has 2 aromatic rings. The van der Waals surface area contributed by atoms with Crippen LogP contribution in [-0.4, -0.2) is 29.9 Å². The molecule has 130 valence electrons. The number of esters is 1. The Morgan fingerprint density at radius 2 is 1.72 bits per heavy atom. The molecule has 1 amide bonds. The van der Waals surface area contributed by atoms with E-state index in [1.807, 2.05) is 67.3 Å². The summed E-state index contributed by atoms with van der Waals surface area (Å²) in [6, 6.07) is 17.0. The maximum absolute atomic E-state index is 13.2. The third kappa shape index (κ3) is 3.16. The van der Waals surface area contributed by atoms with Gasteiger partial charge in [0, 0.05) is 12.1 Å². The predicted octanol–water partition coefficient (Wildman–Crippen LogP) is 3.62. The van der Waals surface area contributed by atoms with E-state index in [1.165, 1.54) is 7.11 Å². The average molecular weight is 337 g/mol. The van der Waals surface area contributed by atoms with Crippen LogP contribution in [0.25, 0.3) is 0 Å². The van der Waals surface area contributed by atoms with E-state index in [-0.39, 0.29) is 23.8 Å². The van der Waals surface area contributed by atoms with Gasteiger partial charge in [-0.1, -0.05) is 62.4 Å². The number of fused-ring (bicyclic) bond motifs is 1. The van der Waals surface area contributed by atoms with Crippen LogP contribution in [-0.2, 0) is 16.1 Å². The number of rotatable bonds is 4. The summed E-state index contributed by atoms with van der Waals surface area (Å²) in [5, 5.41) is 0. The Bertz CT molecular complexity index is 770. The van der Waals surface area contributed by atoms with E-state index in [0.717, 1.165) is 11.1 Å². The van der Waals surface area contributed by atoms with Crippen LogP contribution < -0.4 is 0 Å². The van der Waals surface area contributed by atoms with E-state index in [4.69, 9.17) is 4.74 Å². The Labute approximate surface area is 148 Å². The fourth-order valence-corrected chi connectivity index (χ4v) is 3.71. The molecule has 2 aromatic carbocycles. The van der Waals surface area contributed by atoms with Crippen LogP contribution in [0.4, 0.5) is 0 Å². The van der Waals surface area contributed by atoms with Gasteiger partial charge in [-0.15, -0.1) is 0 Å². The fraction of sp³-hybridized carbons (Fsp3) is 0.333. The van der Waals surface area contributed by atoms with Crippen molar-refractivity contribution < 1.29 is 14.3 Å². The van der Waals surface area contributed by atoms with E-state index in [0.29, 0.717) is 12.1 Å². The van der Waals surface area contributed by atoms with Crippen molar-refractivity contribution >= 4 is 11.9 Å². The highest BCUT2D eigenvalue weighted by molar-refractivity contribution is 6.00. The zero-order valence-corrected chi connectivity index (χ0v) is 14.8. The molecule has 1 aliphatic heterocycles. The first-order valence-corrected chi connectivity index (χ1v) is 8.56. The molecule has 0 aliphatic carbocycles. The van der Waals surface area contributed by atoms with Crippen molar-refractivity contribution in [2.75, 3.05) is 7.11 Å². The summed E-state index contributed by atoms with van der Waals surface area (Å²) in [6.45, 7) is 4.56. The van der Waals surface area contributed by atoms with Crippen molar-refractivity contribution in [2.24, 2.45) is 5.92 Å². The monoisotopic (exact) mass is 337 g/mol. The zero-order chi connectivity index (χ0) is 18.0. The summed E-state index contributed by atoms with van der Waals surface area (Å²) < 4.78 is 5.08. The Morgan fingerprint density at radius 1 is 1.08 bits per heavy atom. The molecule has 1 heterocycles. The minimum Gasteiger partial charge on any atom is -0.468 e. The highest BCUT2D eigenvalue weighted by Gasteiger charge is 2.45. The van der Waals surface area contributed by atoms with Crippen molar-refractivity contribution in [1.82, 2.24) is 4.90 Å². The number of hydrogen-bond donors (Lipinski definition) is 0. The lowest BCUT2D eigenvalue weighted by Gasteiger charge is -2.43. The molecule has 2 atom stereocenters. The Morgan fingerprint density at radius 3 is 2.36 bits per heavy atom. The maximum Gasteiger partial charge on any atom is 0.315 e. The van der Waals surface area contributed by atoms with E-state index in [9.17, 15) is 9.59 Å². The standard InChI is InChI=1S/C21H23NO3/c1-14(2)19-18(21(24)25-3)16-11-7-8-12-17(16)20(23)22(19)13-15-9-5-4-6-10-15/h4-12,14,18-19H,13H2,1-3H3/t18-,19+/m1/s1. The first-order chi connectivity index (χ1) is 12.0. The van der Waals surface area contributed by atoms with E-state index in [1.54, 1.807) is 6.07 Å². The Hall–Kier alpha value is -2.62. The third-order valence-corrected chi connectivity index (χ3v) is 4.82. The normalized spacial score (nSPS) is 19.7. The topological polar surface area (TPSA) is 46.6 Å². The summed E-state index contributed by atoms with van der Waals surface area (Å²) in [6.07, 6.45) is 0. The molecule has 0 fully saturated rings. The number of benzene rings is 2. The van der Waals surface area contributed by atoms with Gasteiger partial charge in [-0.2, -0.15) is 0 Å². The molecule has 0 saturated heterocycles. The third-order valence-electron chi connectivity index (χ3n) is 4.82. The molecule has 4 heteroatoms. The van der Waals surface area contributed by atoms with Crippen LogP contribution in [0.5, 0.6) is 0 Å². The molecule has 3 rings (SSSR count). The first-order valence-electron chi connectivity index (χ1n) is 8.56. The highest BCUT2D eigenvalue weighted by atomic mass is 16.5. The number of carbonyl (C=O) groups is 2. The summed E-state index contributed by atoms with van der Waals surface area (Å²) in [5.41, 5.74) is 2.40. The molecule has 25 heavy (non-hydrogen) atoms. The molecular formula is C21H23NO3. The first kappa shape index (κ1) is 17.2. The number of amides is 1. The van der Waals surface area contributed by atoms with Gasteiger partial charge in [0.2, 0.25) is 0 Å². The second-order valence-corrected chi connectivity index (χ2v) is 6.74. The number of ether oxygens (including phenoxy) is 1. The van der Waals surface area contributed by atoms with Crippen LogP contribution >= 0.6 is 0 Å². The van der Waals surface area contributed by atoms with Crippen LogP contribution in [0.3, 0.4) is 0 Å². The lowest BCUT2D eigenvalue weighted by Crippen LogP contribution is -2.52. The summed E-state index contributed by atoms with van der Waals surface area (Å²) >= 11 is 0. The molecule has 0 bridgehead atoms. The van der Waals surface area contributed by atoms with Crippen LogP contribution in [0.2, 0.25) is 0 Å².